The van der Waals surface area contributed by atoms with Crippen LogP contribution in [0.15, 0.2) is 85.1 Å². The number of hydrogen-bond acceptors (Lipinski definition) is 6. The minimum atomic E-state index is -0.790. The Morgan fingerprint density at radius 2 is 0.542 bits per heavy atom. The highest BCUT2D eigenvalue weighted by atomic mass is 16.6. The predicted molar refractivity (Wildman–Crippen MR) is 311 cm³/mol. The van der Waals surface area contributed by atoms with Gasteiger partial charge in [0.15, 0.2) is 6.10 Å². The van der Waals surface area contributed by atoms with Gasteiger partial charge < -0.3 is 14.2 Å². The zero-order valence-corrected chi connectivity index (χ0v) is 47.4. The topological polar surface area (TPSA) is 78.9 Å². The summed E-state index contributed by atoms with van der Waals surface area (Å²) in [5.41, 5.74) is 0. The standard InChI is InChI=1S/C66H114O6/c1-4-7-10-13-16-19-22-25-28-31-33-35-38-41-44-47-50-53-56-59-65(68)71-62-63(61-70-64(67)58-55-52-49-46-43-40-37-30-27-24-21-18-15-12-9-6-3)72-66(69)60-57-54-51-48-45-42-39-36-34-32-29-26-23-20-17-14-11-8-5-2/h7,10,16-17,19-20,25-26,28-29,33-36,63H,4-6,8-9,11-15,18,21-24,27,30-32,37-62H2,1-3H3/b10-7-,19-16-,20-17-,28-25-,29-26-,35-33-,36-34-. The van der Waals surface area contributed by atoms with Crippen LogP contribution < -0.4 is 0 Å². The number of rotatable bonds is 55. The number of esters is 3. The number of ether oxygens (including phenoxy) is 3. The molecular weight excluding hydrogens is 889 g/mol. The molecule has 0 aromatic heterocycles. The number of carbonyl (C=O) groups is 3. The van der Waals surface area contributed by atoms with Crippen molar-refractivity contribution < 1.29 is 28.6 Å². The Morgan fingerprint density at radius 1 is 0.292 bits per heavy atom. The van der Waals surface area contributed by atoms with E-state index in [2.05, 4.69) is 106 Å². The Hall–Kier alpha value is -3.41. The quantitative estimate of drug-likeness (QED) is 0.0261. The molecule has 0 N–H and O–H groups in total. The summed E-state index contributed by atoms with van der Waals surface area (Å²) in [5, 5.41) is 0. The highest BCUT2D eigenvalue weighted by molar-refractivity contribution is 5.71. The molecule has 0 bridgehead atoms. The number of hydrogen-bond donors (Lipinski definition) is 0. The van der Waals surface area contributed by atoms with Crippen molar-refractivity contribution >= 4 is 17.9 Å². The average molecular weight is 1000 g/mol. The minimum absolute atomic E-state index is 0.0844. The van der Waals surface area contributed by atoms with Gasteiger partial charge in [0.05, 0.1) is 0 Å². The SMILES string of the molecule is CC/C=C\C/C=C\C/C=C\C/C=C\CCCCCCCCC(=O)OCC(COC(=O)CCCCCCCCCCCCCCCCCC)OC(=O)CCCCCCCC/C=C\C/C=C\C/C=C\CCCCC. The van der Waals surface area contributed by atoms with Gasteiger partial charge in [-0.2, -0.15) is 0 Å². The van der Waals surface area contributed by atoms with Crippen molar-refractivity contribution in [2.24, 2.45) is 0 Å². The van der Waals surface area contributed by atoms with E-state index >= 15 is 0 Å². The molecule has 1 unspecified atom stereocenters. The summed E-state index contributed by atoms with van der Waals surface area (Å²) in [6.07, 6.45) is 78.5. The smallest absolute Gasteiger partial charge is 0.306 e. The van der Waals surface area contributed by atoms with Crippen molar-refractivity contribution in [1.82, 2.24) is 0 Å². The van der Waals surface area contributed by atoms with E-state index in [9.17, 15) is 14.4 Å². The first kappa shape index (κ1) is 68.6. The summed E-state index contributed by atoms with van der Waals surface area (Å²) in [4.78, 5) is 38.3. The lowest BCUT2D eigenvalue weighted by Gasteiger charge is -2.18. The molecule has 1 atom stereocenters. The normalized spacial score (nSPS) is 12.7. The summed E-state index contributed by atoms with van der Waals surface area (Å²) in [6, 6.07) is 0. The summed E-state index contributed by atoms with van der Waals surface area (Å²) in [6.45, 7) is 6.51. The molecular formula is C66H114O6. The number of unbranched alkanes of at least 4 members (excludes halogenated alkanes) is 30. The van der Waals surface area contributed by atoms with Gasteiger partial charge in [-0.3, -0.25) is 14.4 Å². The van der Waals surface area contributed by atoms with E-state index in [1.54, 1.807) is 0 Å². The van der Waals surface area contributed by atoms with E-state index in [4.69, 9.17) is 14.2 Å². The van der Waals surface area contributed by atoms with Crippen LogP contribution >= 0.6 is 0 Å². The molecule has 0 aliphatic rings. The molecule has 0 aliphatic heterocycles. The number of carbonyl (C=O) groups excluding carboxylic acids is 3. The molecule has 0 fully saturated rings. The largest absolute Gasteiger partial charge is 0.462 e. The third-order valence-corrected chi connectivity index (χ3v) is 13.1. The van der Waals surface area contributed by atoms with Crippen molar-refractivity contribution in [2.75, 3.05) is 13.2 Å². The lowest BCUT2D eigenvalue weighted by molar-refractivity contribution is -0.167. The van der Waals surface area contributed by atoms with Gasteiger partial charge in [0.25, 0.3) is 0 Å². The van der Waals surface area contributed by atoms with E-state index in [0.717, 1.165) is 116 Å². The highest BCUT2D eigenvalue weighted by Gasteiger charge is 2.19. The highest BCUT2D eigenvalue weighted by Crippen LogP contribution is 2.16. The van der Waals surface area contributed by atoms with E-state index in [0.29, 0.717) is 19.3 Å². The molecule has 0 aliphatic carbocycles. The lowest BCUT2D eigenvalue weighted by Crippen LogP contribution is -2.30. The Labute approximate surface area is 445 Å². The second-order valence-corrected chi connectivity index (χ2v) is 20.2. The van der Waals surface area contributed by atoms with Crippen LogP contribution in [-0.4, -0.2) is 37.2 Å². The van der Waals surface area contributed by atoms with E-state index in [1.165, 1.54) is 141 Å². The van der Waals surface area contributed by atoms with Crippen LogP contribution in [0.4, 0.5) is 0 Å². The molecule has 0 amide bonds. The van der Waals surface area contributed by atoms with Gasteiger partial charge in [-0.25, -0.2) is 0 Å². The third kappa shape index (κ3) is 57.5. The second kappa shape index (κ2) is 60.1. The van der Waals surface area contributed by atoms with E-state index < -0.39 is 6.10 Å². The third-order valence-electron chi connectivity index (χ3n) is 13.1. The molecule has 0 saturated heterocycles. The van der Waals surface area contributed by atoms with Crippen LogP contribution in [0.3, 0.4) is 0 Å². The summed E-state index contributed by atoms with van der Waals surface area (Å²) >= 11 is 0. The molecule has 414 valence electrons. The fourth-order valence-electron chi connectivity index (χ4n) is 8.56. The molecule has 0 aromatic carbocycles. The molecule has 0 spiro atoms. The van der Waals surface area contributed by atoms with Crippen LogP contribution in [0.2, 0.25) is 0 Å². The zero-order chi connectivity index (χ0) is 52.2. The van der Waals surface area contributed by atoms with Gasteiger partial charge in [0, 0.05) is 19.3 Å². The van der Waals surface area contributed by atoms with Gasteiger partial charge >= 0.3 is 17.9 Å². The maximum absolute atomic E-state index is 12.9. The first-order valence-corrected chi connectivity index (χ1v) is 30.6. The Kier molecular flexibility index (Phi) is 57.3. The van der Waals surface area contributed by atoms with Crippen molar-refractivity contribution in [3.8, 4) is 0 Å². The average Bonchev–Trinajstić information content (AvgIpc) is 3.38. The summed E-state index contributed by atoms with van der Waals surface area (Å²) in [5.74, 6) is -0.900. The fraction of sp³-hybridized carbons (Fsp3) is 0.742. The van der Waals surface area contributed by atoms with Gasteiger partial charge in [0.2, 0.25) is 0 Å². The van der Waals surface area contributed by atoms with Crippen LogP contribution in [0.25, 0.3) is 0 Å². The molecule has 6 heteroatoms. The van der Waals surface area contributed by atoms with E-state index in [-0.39, 0.29) is 31.1 Å². The first-order chi connectivity index (χ1) is 35.5. The predicted octanol–water partition coefficient (Wildman–Crippen LogP) is 20.7. The van der Waals surface area contributed by atoms with Crippen molar-refractivity contribution in [3.63, 3.8) is 0 Å². The molecule has 0 heterocycles. The first-order valence-electron chi connectivity index (χ1n) is 30.6. The van der Waals surface area contributed by atoms with Gasteiger partial charge in [0.1, 0.15) is 13.2 Å². The zero-order valence-electron chi connectivity index (χ0n) is 47.4. The van der Waals surface area contributed by atoms with Gasteiger partial charge in [-0.1, -0.05) is 266 Å². The molecule has 6 nitrogen and oxygen atoms in total. The van der Waals surface area contributed by atoms with E-state index in [1.807, 2.05) is 0 Å². The van der Waals surface area contributed by atoms with Gasteiger partial charge in [-0.05, 0) is 96.3 Å². The fourth-order valence-corrected chi connectivity index (χ4v) is 8.56. The van der Waals surface area contributed by atoms with Crippen molar-refractivity contribution in [1.29, 1.82) is 0 Å². The lowest BCUT2D eigenvalue weighted by atomic mass is 10.0. The second-order valence-electron chi connectivity index (χ2n) is 20.2. The summed E-state index contributed by atoms with van der Waals surface area (Å²) < 4.78 is 16.9. The van der Waals surface area contributed by atoms with Gasteiger partial charge in [-0.15, -0.1) is 0 Å². The maximum Gasteiger partial charge on any atom is 0.306 e. The van der Waals surface area contributed by atoms with Crippen LogP contribution in [0.5, 0.6) is 0 Å². The molecule has 0 saturated carbocycles. The summed E-state index contributed by atoms with van der Waals surface area (Å²) in [7, 11) is 0. The Balaban J connectivity index is 4.43. The monoisotopic (exact) mass is 1000 g/mol. The van der Waals surface area contributed by atoms with Crippen molar-refractivity contribution in [2.45, 2.75) is 303 Å². The van der Waals surface area contributed by atoms with Crippen molar-refractivity contribution in [3.05, 3.63) is 85.1 Å². The molecule has 0 aromatic rings. The minimum Gasteiger partial charge on any atom is -0.462 e. The molecule has 72 heavy (non-hydrogen) atoms. The van der Waals surface area contributed by atoms with Crippen LogP contribution in [0, 0.1) is 0 Å². The molecule has 0 rings (SSSR count). The Bertz CT molecular complexity index is 1380. The Morgan fingerprint density at radius 3 is 0.875 bits per heavy atom. The molecule has 0 radical (unpaired) electrons. The maximum atomic E-state index is 12.9. The van der Waals surface area contributed by atoms with Crippen LogP contribution in [-0.2, 0) is 28.6 Å². The van der Waals surface area contributed by atoms with Crippen LogP contribution in [0.1, 0.15) is 297 Å². The number of allylic oxidation sites excluding steroid dienone is 14.